The Bertz CT molecular complexity index is 783. The third-order valence-corrected chi connectivity index (χ3v) is 5.23. The van der Waals surface area contributed by atoms with E-state index >= 15 is 0 Å². The highest BCUT2D eigenvalue weighted by atomic mass is 16.5. The highest BCUT2D eigenvalue weighted by molar-refractivity contribution is 5.83. The number of benzene rings is 1. The van der Waals surface area contributed by atoms with E-state index in [1.165, 1.54) is 0 Å². The average molecular weight is 299 g/mol. The fraction of sp³-hybridized carbons (Fsp3) is 0.529. The average Bonchev–Trinajstić information content (AvgIpc) is 2.55. The number of rotatable bonds is 1. The van der Waals surface area contributed by atoms with Gasteiger partial charge in [0.05, 0.1) is 12.5 Å². The Labute approximate surface area is 129 Å². The van der Waals surface area contributed by atoms with Crippen LogP contribution in [0, 0.1) is 0 Å². The van der Waals surface area contributed by atoms with Crippen molar-refractivity contribution in [3.8, 4) is 5.75 Å². The Balaban J connectivity index is 1.96. The molecule has 0 amide bonds. The first kappa shape index (κ1) is 13.8. The zero-order valence-electron chi connectivity index (χ0n) is 13.1. The van der Waals surface area contributed by atoms with E-state index in [1.807, 2.05) is 22.8 Å². The van der Waals surface area contributed by atoms with Gasteiger partial charge < -0.3 is 9.64 Å². The molecule has 22 heavy (non-hydrogen) atoms. The van der Waals surface area contributed by atoms with Crippen molar-refractivity contribution >= 4 is 10.9 Å². The Morgan fingerprint density at radius 2 is 2.14 bits per heavy atom. The van der Waals surface area contributed by atoms with Crippen molar-refractivity contribution in [1.29, 1.82) is 0 Å². The Kier molecular flexibility index (Phi) is 3.18. The van der Waals surface area contributed by atoms with Crippen molar-refractivity contribution in [1.82, 2.24) is 14.5 Å². The van der Waals surface area contributed by atoms with Gasteiger partial charge in [-0.1, -0.05) is 6.07 Å². The standard InChI is InChI=1S/C17H21N3O2/c1-19-9-4-6-11-13(19)8-10-20-16(11)18-15-12(17(20)21)5-3-7-14(15)22-2/h3,5,7,11,13H,4,6,8-10H2,1-2H3/t11-,13+/m0/s1. The molecular weight excluding hydrogens is 278 g/mol. The largest absolute Gasteiger partial charge is 0.494 e. The highest BCUT2D eigenvalue weighted by Gasteiger charge is 2.36. The molecule has 4 rings (SSSR count). The molecule has 2 aromatic rings. The van der Waals surface area contributed by atoms with Crippen LogP contribution in [0.25, 0.3) is 10.9 Å². The number of aromatic nitrogens is 2. The lowest BCUT2D eigenvalue weighted by Gasteiger charge is -2.42. The SMILES string of the molecule is COc1cccc2c(=O)n3c(nc12)[C@H]1CCCN(C)[C@@H]1CC3. The van der Waals surface area contributed by atoms with Crippen molar-refractivity contribution in [2.45, 2.75) is 37.8 Å². The molecule has 1 aromatic heterocycles. The van der Waals surface area contributed by atoms with Crippen LogP contribution >= 0.6 is 0 Å². The number of hydrogen-bond donors (Lipinski definition) is 0. The number of likely N-dealkylation sites (N-methyl/N-ethyl adjacent to an activating group) is 1. The fourth-order valence-electron chi connectivity index (χ4n) is 4.11. The first-order chi connectivity index (χ1) is 10.7. The molecule has 0 spiro atoms. The monoisotopic (exact) mass is 299 g/mol. The number of hydrogen-bond acceptors (Lipinski definition) is 4. The van der Waals surface area contributed by atoms with Crippen LogP contribution in [0.3, 0.4) is 0 Å². The zero-order chi connectivity index (χ0) is 15.3. The Morgan fingerprint density at radius 3 is 2.95 bits per heavy atom. The van der Waals surface area contributed by atoms with Gasteiger partial charge in [0.15, 0.2) is 0 Å². The van der Waals surface area contributed by atoms with Gasteiger partial charge in [-0.15, -0.1) is 0 Å². The van der Waals surface area contributed by atoms with Crippen LogP contribution in [0.1, 0.15) is 31.0 Å². The Morgan fingerprint density at radius 1 is 1.27 bits per heavy atom. The molecule has 0 saturated carbocycles. The maximum atomic E-state index is 12.9. The fourth-order valence-corrected chi connectivity index (χ4v) is 4.11. The first-order valence-corrected chi connectivity index (χ1v) is 7.98. The number of piperidine rings is 1. The van der Waals surface area contributed by atoms with E-state index < -0.39 is 0 Å². The minimum absolute atomic E-state index is 0.0746. The minimum Gasteiger partial charge on any atom is -0.494 e. The second kappa shape index (κ2) is 5.09. The summed E-state index contributed by atoms with van der Waals surface area (Å²) in [5.41, 5.74) is 0.778. The van der Waals surface area contributed by atoms with Crippen molar-refractivity contribution in [2.24, 2.45) is 0 Å². The van der Waals surface area contributed by atoms with Crippen LogP contribution < -0.4 is 10.3 Å². The smallest absolute Gasteiger partial charge is 0.261 e. The van der Waals surface area contributed by atoms with Crippen molar-refractivity contribution in [2.75, 3.05) is 20.7 Å². The summed E-state index contributed by atoms with van der Waals surface area (Å²) in [6.07, 6.45) is 3.31. The molecule has 2 atom stereocenters. The molecule has 1 saturated heterocycles. The van der Waals surface area contributed by atoms with Gasteiger partial charge in [-0.3, -0.25) is 9.36 Å². The molecule has 0 bridgehead atoms. The van der Waals surface area contributed by atoms with E-state index in [9.17, 15) is 4.79 Å². The lowest BCUT2D eigenvalue weighted by molar-refractivity contribution is 0.123. The second-order valence-corrected chi connectivity index (χ2v) is 6.37. The maximum Gasteiger partial charge on any atom is 0.261 e. The number of ether oxygens (including phenoxy) is 1. The molecule has 1 aromatic carbocycles. The van der Waals surface area contributed by atoms with E-state index in [0.29, 0.717) is 28.6 Å². The summed E-state index contributed by atoms with van der Waals surface area (Å²) in [5, 5.41) is 0.658. The van der Waals surface area contributed by atoms with Gasteiger partial charge in [-0.25, -0.2) is 4.98 Å². The summed E-state index contributed by atoms with van der Waals surface area (Å²) in [7, 11) is 3.82. The van der Waals surface area contributed by atoms with E-state index in [1.54, 1.807) is 7.11 Å². The predicted octanol–water partition coefficient (Wildman–Crippen LogP) is 1.99. The zero-order valence-corrected chi connectivity index (χ0v) is 13.1. The molecule has 5 heteroatoms. The van der Waals surface area contributed by atoms with Crippen LogP contribution in [0.4, 0.5) is 0 Å². The summed E-state index contributed by atoms with van der Waals surface area (Å²) in [6.45, 7) is 1.90. The van der Waals surface area contributed by atoms with Gasteiger partial charge in [0.1, 0.15) is 17.1 Å². The summed E-state index contributed by atoms with van der Waals surface area (Å²) in [5.74, 6) is 1.99. The molecule has 0 N–H and O–H groups in total. The third kappa shape index (κ3) is 1.88. The van der Waals surface area contributed by atoms with Crippen LogP contribution in [0.5, 0.6) is 5.75 Å². The quantitative estimate of drug-likeness (QED) is 0.808. The molecule has 2 aliphatic rings. The molecule has 0 radical (unpaired) electrons. The van der Waals surface area contributed by atoms with Gasteiger partial charge >= 0.3 is 0 Å². The van der Waals surface area contributed by atoms with Gasteiger partial charge in [-0.2, -0.15) is 0 Å². The number of fused-ring (bicyclic) bond motifs is 4. The van der Waals surface area contributed by atoms with Crippen LogP contribution in [0.15, 0.2) is 23.0 Å². The lowest BCUT2D eigenvalue weighted by atomic mass is 9.84. The van der Waals surface area contributed by atoms with Crippen LogP contribution in [0.2, 0.25) is 0 Å². The molecule has 2 aliphatic heterocycles. The third-order valence-electron chi connectivity index (χ3n) is 5.23. The molecule has 0 unspecified atom stereocenters. The minimum atomic E-state index is 0.0746. The number of methoxy groups -OCH3 is 1. The highest BCUT2D eigenvalue weighted by Crippen LogP contribution is 2.36. The first-order valence-electron chi connectivity index (χ1n) is 7.98. The number of para-hydroxylation sites is 1. The normalized spacial score (nSPS) is 24.8. The molecule has 1 fully saturated rings. The van der Waals surface area contributed by atoms with Gasteiger partial charge in [0.2, 0.25) is 0 Å². The van der Waals surface area contributed by atoms with E-state index in [2.05, 4.69) is 11.9 Å². The summed E-state index contributed by atoms with van der Waals surface area (Å²) < 4.78 is 7.30. The van der Waals surface area contributed by atoms with E-state index in [4.69, 9.17) is 9.72 Å². The van der Waals surface area contributed by atoms with Crippen molar-refractivity contribution in [3.05, 3.63) is 34.4 Å². The molecule has 0 aliphatic carbocycles. The molecule has 5 nitrogen and oxygen atoms in total. The Hall–Kier alpha value is -1.88. The van der Waals surface area contributed by atoms with Crippen molar-refractivity contribution < 1.29 is 4.74 Å². The summed E-state index contributed by atoms with van der Waals surface area (Å²) in [6, 6.07) is 6.09. The predicted molar refractivity (Wildman–Crippen MR) is 85.6 cm³/mol. The van der Waals surface area contributed by atoms with Gasteiger partial charge in [-0.05, 0) is 45.0 Å². The van der Waals surface area contributed by atoms with Crippen LogP contribution in [-0.4, -0.2) is 41.2 Å². The maximum absolute atomic E-state index is 12.9. The molecule has 3 heterocycles. The second-order valence-electron chi connectivity index (χ2n) is 6.37. The topological polar surface area (TPSA) is 47.4 Å². The number of likely N-dealkylation sites (tertiary alicyclic amines) is 1. The van der Waals surface area contributed by atoms with Crippen LogP contribution in [-0.2, 0) is 6.54 Å². The van der Waals surface area contributed by atoms with Gasteiger partial charge in [0, 0.05) is 18.5 Å². The van der Waals surface area contributed by atoms with Crippen molar-refractivity contribution in [3.63, 3.8) is 0 Å². The molecule has 116 valence electrons. The van der Waals surface area contributed by atoms with E-state index in [-0.39, 0.29) is 5.56 Å². The lowest BCUT2D eigenvalue weighted by Crippen LogP contribution is -2.47. The summed E-state index contributed by atoms with van der Waals surface area (Å²) in [4.78, 5) is 20.2. The van der Waals surface area contributed by atoms with Gasteiger partial charge in [0.25, 0.3) is 5.56 Å². The number of nitrogens with zero attached hydrogens (tertiary/aromatic N) is 3. The summed E-state index contributed by atoms with van der Waals surface area (Å²) >= 11 is 0. The van der Waals surface area contributed by atoms with E-state index in [0.717, 1.165) is 38.2 Å². The molecular formula is C17H21N3O2.